The molecule has 2 unspecified atom stereocenters. The van der Waals surface area contributed by atoms with Gasteiger partial charge in [-0.25, -0.2) is 9.69 Å². The Balaban J connectivity index is 1.56. The van der Waals surface area contributed by atoms with E-state index in [0.717, 1.165) is 15.1 Å². The first-order valence-corrected chi connectivity index (χ1v) is 10.6. The molecule has 9 heteroatoms. The van der Waals surface area contributed by atoms with Crippen LogP contribution in [-0.2, 0) is 15.0 Å². The van der Waals surface area contributed by atoms with Crippen LogP contribution in [0.4, 0.5) is 10.5 Å². The van der Waals surface area contributed by atoms with Gasteiger partial charge in [0.25, 0.3) is 16.1 Å². The predicted octanol–water partition coefficient (Wildman–Crippen LogP) is 1.24. The Morgan fingerprint density at radius 1 is 1.04 bits per heavy atom. The van der Waals surface area contributed by atoms with Crippen LogP contribution in [-0.4, -0.2) is 72.6 Å². The maximum atomic E-state index is 13.3. The molecule has 2 aromatic carbocycles. The second-order valence-electron chi connectivity index (χ2n) is 7.62. The molecule has 0 radical (unpaired) electrons. The lowest BCUT2D eigenvalue weighted by atomic mass is 10.1. The molecule has 3 heterocycles. The van der Waals surface area contributed by atoms with Crippen LogP contribution in [0.5, 0.6) is 0 Å². The molecule has 3 aliphatic rings. The van der Waals surface area contributed by atoms with Gasteiger partial charge in [-0.15, -0.1) is 0 Å². The standard InChI is InChI=1S/C19H20N4O4S/c1-20(2)28(26,27)21-11-13-10-16(21)17-18(24)23(19(25)22(13)17)15-9-5-7-12-6-3-4-8-14(12)15/h3-9,13,16-17H,10-11H2,1-2H3/t13-,16?,17?/m1/s1. The summed E-state index contributed by atoms with van der Waals surface area (Å²) < 4.78 is 27.8. The summed E-state index contributed by atoms with van der Waals surface area (Å²) in [6.07, 6.45) is 0.499. The molecular weight excluding hydrogens is 380 g/mol. The van der Waals surface area contributed by atoms with Crippen LogP contribution in [0.2, 0.25) is 0 Å². The monoisotopic (exact) mass is 400 g/mol. The molecule has 0 aromatic heterocycles. The lowest BCUT2D eigenvalue weighted by Gasteiger charge is -2.35. The van der Waals surface area contributed by atoms with Crippen LogP contribution in [0.15, 0.2) is 42.5 Å². The van der Waals surface area contributed by atoms with Gasteiger partial charge in [0.05, 0.1) is 11.7 Å². The number of imide groups is 1. The van der Waals surface area contributed by atoms with Gasteiger partial charge in [0.15, 0.2) is 0 Å². The number of rotatable bonds is 3. The average molecular weight is 400 g/mol. The van der Waals surface area contributed by atoms with E-state index in [4.69, 9.17) is 0 Å². The van der Waals surface area contributed by atoms with Crippen molar-refractivity contribution in [3.05, 3.63) is 42.5 Å². The Labute approximate surface area is 163 Å². The molecule has 3 fully saturated rings. The van der Waals surface area contributed by atoms with Gasteiger partial charge >= 0.3 is 6.03 Å². The number of fused-ring (bicyclic) bond motifs is 6. The highest BCUT2D eigenvalue weighted by molar-refractivity contribution is 7.86. The molecule has 0 aliphatic carbocycles. The Kier molecular flexibility index (Phi) is 3.62. The fraction of sp³-hybridized carbons (Fsp3) is 0.368. The SMILES string of the molecule is CN(C)S(=O)(=O)N1C[C@H]2CC1C1C(=O)N(c3cccc4ccccc34)C(=O)N12. The van der Waals surface area contributed by atoms with Crippen LogP contribution in [0.3, 0.4) is 0 Å². The topological polar surface area (TPSA) is 81.2 Å². The molecule has 5 rings (SSSR count). The summed E-state index contributed by atoms with van der Waals surface area (Å²) in [6.45, 7) is 0.226. The molecule has 2 aromatic rings. The van der Waals surface area contributed by atoms with Gasteiger partial charge in [-0.3, -0.25) is 4.79 Å². The van der Waals surface area contributed by atoms with E-state index in [1.165, 1.54) is 23.3 Å². The van der Waals surface area contributed by atoms with Crippen molar-refractivity contribution in [2.75, 3.05) is 25.5 Å². The number of hydrogen-bond acceptors (Lipinski definition) is 4. The third-order valence-electron chi connectivity index (χ3n) is 5.98. The van der Waals surface area contributed by atoms with Crippen molar-refractivity contribution < 1.29 is 18.0 Å². The van der Waals surface area contributed by atoms with Crippen LogP contribution >= 0.6 is 0 Å². The van der Waals surface area contributed by atoms with Crippen molar-refractivity contribution in [3.63, 3.8) is 0 Å². The molecule has 8 nitrogen and oxygen atoms in total. The van der Waals surface area contributed by atoms with Gasteiger partial charge in [-0.2, -0.15) is 17.0 Å². The minimum Gasteiger partial charge on any atom is -0.306 e. The van der Waals surface area contributed by atoms with Gasteiger partial charge in [0.2, 0.25) is 0 Å². The van der Waals surface area contributed by atoms with Gasteiger partial charge in [0, 0.05) is 32.1 Å². The molecule has 2 bridgehead atoms. The molecule has 3 amide bonds. The number of amides is 3. The fourth-order valence-corrected chi connectivity index (χ4v) is 6.04. The largest absolute Gasteiger partial charge is 0.332 e. The summed E-state index contributed by atoms with van der Waals surface area (Å²) in [7, 11) is -0.695. The van der Waals surface area contributed by atoms with Crippen molar-refractivity contribution in [2.45, 2.75) is 24.5 Å². The first-order valence-electron chi connectivity index (χ1n) is 9.15. The predicted molar refractivity (Wildman–Crippen MR) is 104 cm³/mol. The smallest absolute Gasteiger partial charge is 0.306 e. The maximum Gasteiger partial charge on any atom is 0.332 e. The number of urea groups is 1. The number of carbonyl (C=O) groups is 2. The third-order valence-corrected chi connectivity index (χ3v) is 7.92. The summed E-state index contributed by atoms with van der Waals surface area (Å²) in [4.78, 5) is 29.3. The van der Waals surface area contributed by atoms with Crippen molar-refractivity contribution in [1.29, 1.82) is 0 Å². The van der Waals surface area contributed by atoms with E-state index in [0.29, 0.717) is 12.1 Å². The summed E-state index contributed by atoms with van der Waals surface area (Å²) in [5, 5.41) is 1.76. The minimum absolute atomic E-state index is 0.226. The highest BCUT2D eigenvalue weighted by Crippen LogP contribution is 2.44. The summed E-state index contributed by atoms with van der Waals surface area (Å²) in [5.41, 5.74) is 0.545. The molecule has 3 aliphatic heterocycles. The van der Waals surface area contributed by atoms with Crippen LogP contribution in [0, 0.1) is 0 Å². The second kappa shape index (κ2) is 5.76. The number of hydrogen-bond donors (Lipinski definition) is 0. The van der Waals surface area contributed by atoms with E-state index in [1.54, 1.807) is 11.0 Å². The number of nitrogens with zero attached hydrogens (tertiary/aromatic N) is 4. The number of carbonyl (C=O) groups excluding carboxylic acids is 2. The van der Waals surface area contributed by atoms with E-state index in [2.05, 4.69) is 0 Å². The number of anilines is 1. The summed E-state index contributed by atoms with van der Waals surface area (Å²) in [5.74, 6) is -0.354. The molecule has 0 spiro atoms. The van der Waals surface area contributed by atoms with Crippen LogP contribution < -0.4 is 4.90 Å². The highest BCUT2D eigenvalue weighted by atomic mass is 32.2. The van der Waals surface area contributed by atoms with Crippen molar-refractivity contribution in [2.24, 2.45) is 0 Å². The maximum absolute atomic E-state index is 13.3. The Bertz CT molecular complexity index is 1110. The number of benzene rings is 2. The molecule has 146 valence electrons. The van der Waals surface area contributed by atoms with Gasteiger partial charge in [-0.1, -0.05) is 36.4 Å². The van der Waals surface area contributed by atoms with Crippen molar-refractivity contribution in [3.8, 4) is 0 Å². The molecule has 3 atom stereocenters. The summed E-state index contributed by atoms with van der Waals surface area (Å²) >= 11 is 0. The van der Waals surface area contributed by atoms with Crippen molar-refractivity contribution in [1.82, 2.24) is 13.5 Å². The normalized spacial score (nSPS) is 27.5. The zero-order valence-electron chi connectivity index (χ0n) is 15.5. The molecule has 0 saturated carbocycles. The molecular formula is C19H20N4O4S. The zero-order chi connectivity index (χ0) is 19.8. The average Bonchev–Trinajstić information content (AvgIpc) is 3.33. The Hall–Kier alpha value is -2.49. The first kappa shape index (κ1) is 17.6. The van der Waals surface area contributed by atoms with Gasteiger partial charge < -0.3 is 4.90 Å². The second-order valence-corrected chi connectivity index (χ2v) is 9.72. The van der Waals surface area contributed by atoms with Crippen molar-refractivity contribution >= 4 is 38.6 Å². The van der Waals surface area contributed by atoms with E-state index in [1.807, 2.05) is 36.4 Å². The lowest BCUT2D eigenvalue weighted by molar-refractivity contribution is -0.120. The van der Waals surface area contributed by atoms with Gasteiger partial charge in [-0.05, 0) is 17.9 Å². The molecule has 28 heavy (non-hydrogen) atoms. The lowest BCUT2D eigenvalue weighted by Crippen LogP contribution is -2.56. The number of piperazine rings is 1. The Morgan fingerprint density at radius 2 is 1.75 bits per heavy atom. The highest BCUT2D eigenvalue weighted by Gasteiger charge is 2.64. The minimum atomic E-state index is -3.65. The molecule has 3 saturated heterocycles. The van der Waals surface area contributed by atoms with E-state index in [9.17, 15) is 18.0 Å². The van der Waals surface area contributed by atoms with Gasteiger partial charge in [0.1, 0.15) is 6.04 Å². The quantitative estimate of drug-likeness (QED) is 0.726. The van der Waals surface area contributed by atoms with Crippen LogP contribution in [0.1, 0.15) is 6.42 Å². The van der Waals surface area contributed by atoms with E-state index in [-0.39, 0.29) is 24.5 Å². The van der Waals surface area contributed by atoms with Crippen LogP contribution in [0.25, 0.3) is 10.8 Å². The Morgan fingerprint density at radius 3 is 2.50 bits per heavy atom. The summed E-state index contributed by atoms with van der Waals surface area (Å²) in [6, 6.07) is 11.2. The zero-order valence-corrected chi connectivity index (χ0v) is 16.3. The van der Waals surface area contributed by atoms with E-state index >= 15 is 0 Å². The van der Waals surface area contributed by atoms with E-state index < -0.39 is 22.3 Å². The molecule has 0 N–H and O–H groups in total. The first-order chi connectivity index (χ1) is 13.3. The third kappa shape index (κ3) is 2.15. The fourth-order valence-electron chi connectivity index (χ4n) is 4.72.